The van der Waals surface area contributed by atoms with Crippen LogP contribution in [0.4, 0.5) is 4.79 Å². The lowest BCUT2D eigenvalue weighted by atomic mass is 9.98. The Balaban J connectivity index is 1.21. The zero-order valence-corrected chi connectivity index (χ0v) is 18.3. The lowest BCUT2D eigenvalue weighted by Gasteiger charge is -2.19. The van der Waals surface area contributed by atoms with Gasteiger partial charge in [0.2, 0.25) is 0 Å². The molecule has 0 fully saturated rings. The normalized spacial score (nSPS) is 14.8. The van der Waals surface area contributed by atoms with Crippen LogP contribution in [0.1, 0.15) is 37.8 Å². The number of carbonyl (C=O) groups is 4. The molecule has 176 valence electrons. The molecule has 1 heterocycles. The number of benzene rings is 3. The van der Waals surface area contributed by atoms with Crippen molar-refractivity contribution < 1.29 is 33.9 Å². The van der Waals surface area contributed by atoms with Crippen molar-refractivity contribution in [3.05, 3.63) is 95.1 Å². The molecule has 3 aromatic rings. The Bertz CT molecular complexity index is 1270. The van der Waals surface area contributed by atoms with Crippen molar-refractivity contribution in [3.8, 4) is 11.1 Å². The summed E-state index contributed by atoms with van der Waals surface area (Å²) in [6.07, 6.45) is -0.953. The summed E-state index contributed by atoms with van der Waals surface area (Å²) in [5.41, 5.74) is 4.49. The third-order valence-electron chi connectivity index (χ3n) is 6.06. The van der Waals surface area contributed by atoms with E-state index in [0.717, 1.165) is 22.3 Å². The van der Waals surface area contributed by atoms with Crippen molar-refractivity contribution in [2.75, 3.05) is 13.2 Å². The van der Waals surface area contributed by atoms with Crippen molar-refractivity contribution in [2.45, 2.75) is 12.0 Å². The Morgan fingerprint density at radius 3 is 1.83 bits per heavy atom. The minimum Gasteiger partial charge on any atom is -0.480 e. The molecule has 9 nitrogen and oxygen atoms in total. The number of hydrogen-bond acceptors (Lipinski definition) is 6. The fourth-order valence-corrected chi connectivity index (χ4v) is 4.39. The first-order chi connectivity index (χ1) is 17.0. The molecular formula is C26H20N2O7. The number of ether oxygens (including phenoxy) is 1. The van der Waals surface area contributed by atoms with Crippen LogP contribution in [-0.2, 0) is 14.4 Å². The maximum Gasteiger partial charge on any atom is 0.407 e. The maximum atomic E-state index is 12.4. The van der Waals surface area contributed by atoms with Crippen molar-refractivity contribution >= 4 is 23.9 Å². The van der Waals surface area contributed by atoms with Crippen LogP contribution < -0.4 is 5.32 Å². The van der Waals surface area contributed by atoms with Crippen molar-refractivity contribution in [1.82, 2.24) is 10.4 Å². The number of alkyl carbamates (subject to hydrolysis) is 1. The van der Waals surface area contributed by atoms with Gasteiger partial charge in [-0.3, -0.25) is 14.4 Å². The first kappa shape index (κ1) is 22.3. The topological polar surface area (TPSA) is 122 Å². The molecule has 0 saturated carbocycles. The Labute approximate surface area is 199 Å². The monoisotopic (exact) mass is 472 g/mol. The minimum atomic E-state index is -1.55. The number of hydrogen-bond donors (Lipinski definition) is 2. The zero-order valence-electron chi connectivity index (χ0n) is 18.3. The van der Waals surface area contributed by atoms with Crippen LogP contribution in [-0.4, -0.2) is 53.3 Å². The molecule has 5 rings (SSSR count). The second-order valence-electron chi connectivity index (χ2n) is 8.11. The number of carboxylic acid groups (broad SMARTS) is 1. The van der Waals surface area contributed by atoms with Crippen molar-refractivity contribution in [3.63, 3.8) is 0 Å². The highest BCUT2D eigenvalue weighted by atomic mass is 16.7. The first-order valence-electron chi connectivity index (χ1n) is 10.9. The third kappa shape index (κ3) is 4.02. The lowest BCUT2D eigenvalue weighted by molar-refractivity contribution is -0.147. The van der Waals surface area contributed by atoms with E-state index in [1.54, 1.807) is 12.1 Å². The predicted molar refractivity (Wildman–Crippen MR) is 123 cm³/mol. The molecule has 0 spiro atoms. The molecule has 2 aliphatic rings. The number of nitrogens with zero attached hydrogens (tertiary/aromatic N) is 1. The van der Waals surface area contributed by atoms with Crippen molar-refractivity contribution in [1.29, 1.82) is 0 Å². The van der Waals surface area contributed by atoms with Gasteiger partial charge in [0.15, 0.2) is 6.04 Å². The highest BCUT2D eigenvalue weighted by Gasteiger charge is 2.38. The van der Waals surface area contributed by atoms with Crippen molar-refractivity contribution in [2.24, 2.45) is 0 Å². The Kier molecular flexibility index (Phi) is 5.76. The number of nitrogens with one attached hydrogen (secondary N) is 1. The molecule has 9 heteroatoms. The smallest absolute Gasteiger partial charge is 0.407 e. The number of hydroxylamine groups is 2. The van der Waals surface area contributed by atoms with Gasteiger partial charge in [0.05, 0.1) is 11.1 Å². The van der Waals surface area contributed by atoms with E-state index >= 15 is 0 Å². The average Bonchev–Trinajstić information content (AvgIpc) is 3.32. The molecule has 0 saturated heterocycles. The summed E-state index contributed by atoms with van der Waals surface area (Å²) in [5, 5.41) is 12.2. The molecule has 35 heavy (non-hydrogen) atoms. The fourth-order valence-electron chi connectivity index (χ4n) is 4.39. The van der Waals surface area contributed by atoms with E-state index in [9.17, 15) is 24.3 Å². The van der Waals surface area contributed by atoms with Gasteiger partial charge in [-0.05, 0) is 34.4 Å². The van der Waals surface area contributed by atoms with Gasteiger partial charge in [-0.15, -0.1) is 5.06 Å². The number of fused-ring (bicyclic) bond motifs is 4. The molecule has 0 bridgehead atoms. The van der Waals surface area contributed by atoms with Crippen LogP contribution in [0, 0.1) is 0 Å². The summed E-state index contributed by atoms with van der Waals surface area (Å²) in [4.78, 5) is 54.1. The third-order valence-corrected chi connectivity index (χ3v) is 6.06. The summed E-state index contributed by atoms with van der Waals surface area (Å²) in [6.45, 7) is -0.642. The minimum absolute atomic E-state index is 0.00542. The summed E-state index contributed by atoms with van der Waals surface area (Å²) < 4.78 is 5.37. The molecule has 1 aliphatic heterocycles. The van der Waals surface area contributed by atoms with E-state index in [4.69, 9.17) is 9.57 Å². The average molecular weight is 472 g/mol. The van der Waals surface area contributed by atoms with E-state index in [-0.39, 0.29) is 23.7 Å². The number of amides is 3. The number of aliphatic carboxylic acids is 1. The number of imide groups is 1. The maximum absolute atomic E-state index is 12.4. The second-order valence-corrected chi connectivity index (χ2v) is 8.11. The molecule has 1 aliphatic carbocycles. The van der Waals surface area contributed by atoms with Gasteiger partial charge < -0.3 is 15.2 Å². The van der Waals surface area contributed by atoms with E-state index in [1.165, 1.54) is 12.1 Å². The molecule has 1 atom stereocenters. The SMILES string of the molecule is O=C(N[C@@H](CON1C(=O)c2ccccc2C1=O)C(=O)O)OCC1c2ccccc2-c2ccccc21. The van der Waals surface area contributed by atoms with Gasteiger partial charge in [-0.25, -0.2) is 9.59 Å². The summed E-state index contributed by atoms with van der Waals surface area (Å²) in [7, 11) is 0. The van der Waals surface area contributed by atoms with Crippen LogP contribution in [0.25, 0.3) is 11.1 Å². The predicted octanol–water partition coefficient (Wildman–Crippen LogP) is 3.21. The summed E-state index contributed by atoms with van der Waals surface area (Å²) >= 11 is 0. The standard InChI is InChI=1S/C26H20N2O7/c29-23-19-11-5-6-12-20(19)24(30)28(23)35-14-22(25(31)32)27-26(33)34-13-21-17-9-3-1-7-15(17)16-8-2-4-10-18(16)21/h1-12,21-22H,13-14H2,(H,27,33)(H,31,32)/t22-/m0/s1. The lowest BCUT2D eigenvalue weighted by Crippen LogP contribution is -2.46. The molecular weight excluding hydrogens is 452 g/mol. The Hall–Kier alpha value is -4.50. The number of rotatable bonds is 7. The number of carbonyl (C=O) groups excluding carboxylic acids is 3. The van der Waals surface area contributed by atoms with Crippen LogP contribution in [0.15, 0.2) is 72.8 Å². The Morgan fingerprint density at radius 2 is 1.31 bits per heavy atom. The van der Waals surface area contributed by atoms with E-state index in [0.29, 0.717) is 5.06 Å². The van der Waals surface area contributed by atoms with E-state index in [2.05, 4.69) is 5.32 Å². The second kappa shape index (κ2) is 9.03. The van der Waals surface area contributed by atoms with E-state index < -0.39 is 36.5 Å². The Morgan fingerprint density at radius 1 is 0.829 bits per heavy atom. The zero-order chi connectivity index (χ0) is 24.5. The summed E-state index contributed by atoms with van der Waals surface area (Å²) in [5.74, 6) is -2.99. The highest BCUT2D eigenvalue weighted by molar-refractivity contribution is 6.20. The largest absolute Gasteiger partial charge is 0.480 e. The molecule has 3 aromatic carbocycles. The van der Waals surface area contributed by atoms with Crippen LogP contribution >= 0.6 is 0 Å². The van der Waals surface area contributed by atoms with E-state index in [1.807, 2.05) is 48.5 Å². The fraction of sp³-hybridized carbons (Fsp3) is 0.154. The van der Waals surface area contributed by atoms with Crippen LogP contribution in [0.3, 0.4) is 0 Å². The number of carboxylic acids is 1. The van der Waals surface area contributed by atoms with Gasteiger partial charge in [-0.1, -0.05) is 60.7 Å². The van der Waals surface area contributed by atoms with Crippen LogP contribution in [0.5, 0.6) is 0 Å². The molecule has 0 unspecified atom stereocenters. The van der Waals surface area contributed by atoms with Gasteiger partial charge in [0.25, 0.3) is 11.8 Å². The quantitative estimate of drug-likeness (QED) is 0.506. The van der Waals surface area contributed by atoms with Gasteiger partial charge in [0, 0.05) is 5.92 Å². The molecule has 3 amide bonds. The van der Waals surface area contributed by atoms with Crippen LogP contribution in [0.2, 0.25) is 0 Å². The summed E-state index contributed by atoms with van der Waals surface area (Å²) in [6, 6.07) is 20.3. The molecule has 0 radical (unpaired) electrons. The highest BCUT2D eigenvalue weighted by Crippen LogP contribution is 2.44. The first-order valence-corrected chi connectivity index (χ1v) is 10.9. The van der Waals surface area contributed by atoms with Gasteiger partial charge >= 0.3 is 12.1 Å². The molecule has 2 N–H and O–H groups in total. The molecule has 0 aromatic heterocycles. The van der Waals surface area contributed by atoms with Gasteiger partial charge in [-0.2, -0.15) is 0 Å². The van der Waals surface area contributed by atoms with Gasteiger partial charge in [0.1, 0.15) is 13.2 Å².